The topological polar surface area (TPSA) is 41.6 Å². The molecule has 0 aliphatic carbocycles. The summed E-state index contributed by atoms with van der Waals surface area (Å²) in [5.74, 6) is 0.839. The standard InChI is InChI=1S/C21H28N2O2/c1-5-23(16(2)3)19-12-10-18(11-13-19)22-21(24)14-9-17-7-6-8-20(15-17)25-4/h6-8,10-13,15-16H,5,9,14H2,1-4H3,(H,22,24). The van der Waals surface area contributed by atoms with Gasteiger partial charge in [0, 0.05) is 30.4 Å². The molecule has 0 radical (unpaired) electrons. The second kappa shape index (κ2) is 9.11. The van der Waals surface area contributed by atoms with Crippen LogP contribution < -0.4 is 15.0 Å². The molecule has 1 N–H and O–H groups in total. The molecule has 0 atom stereocenters. The van der Waals surface area contributed by atoms with Crippen LogP contribution in [0.3, 0.4) is 0 Å². The lowest BCUT2D eigenvalue weighted by molar-refractivity contribution is -0.116. The van der Waals surface area contributed by atoms with Gasteiger partial charge in [0.15, 0.2) is 0 Å². The molecule has 0 saturated carbocycles. The van der Waals surface area contributed by atoms with Crippen LogP contribution >= 0.6 is 0 Å². The first-order valence-electron chi connectivity index (χ1n) is 8.83. The van der Waals surface area contributed by atoms with Gasteiger partial charge in [0.1, 0.15) is 5.75 Å². The van der Waals surface area contributed by atoms with Crippen molar-refractivity contribution in [1.29, 1.82) is 0 Å². The van der Waals surface area contributed by atoms with E-state index >= 15 is 0 Å². The molecule has 0 saturated heterocycles. The number of anilines is 2. The number of amides is 1. The van der Waals surface area contributed by atoms with Crippen molar-refractivity contribution in [2.75, 3.05) is 23.9 Å². The summed E-state index contributed by atoms with van der Waals surface area (Å²) in [6.45, 7) is 7.47. The van der Waals surface area contributed by atoms with Crippen LogP contribution in [0.25, 0.3) is 0 Å². The van der Waals surface area contributed by atoms with Crippen LogP contribution in [0.1, 0.15) is 32.8 Å². The van der Waals surface area contributed by atoms with Gasteiger partial charge in [-0.25, -0.2) is 0 Å². The van der Waals surface area contributed by atoms with Gasteiger partial charge in [-0.05, 0) is 69.2 Å². The first-order chi connectivity index (χ1) is 12.0. The van der Waals surface area contributed by atoms with E-state index in [0.717, 1.165) is 23.5 Å². The van der Waals surface area contributed by atoms with Crippen molar-refractivity contribution < 1.29 is 9.53 Å². The zero-order valence-electron chi connectivity index (χ0n) is 15.6. The van der Waals surface area contributed by atoms with Gasteiger partial charge < -0.3 is 15.0 Å². The van der Waals surface area contributed by atoms with Crippen molar-refractivity contribution >= 4 is 17.3 Å². The summed E-state index contributed by atoms with van der Waals surface area (Å²) < 4.78 is 5.21. The largest absolute Gasteiger partial charge is 0.497 e. The molecule has 2 aromatic rings. The average molecular weight is 340 g/mol. The molecule has 4 nitrogen and oxygen atoms in total. The lowest BCUT2D eigenvalue weighted by atomic mass is 10.1. The maximum Gasteiger partial charge on any atom is 0.224 e. The van der Waals surface area contributed by atoms with Gasteiger partial charge in [0.05, 0.1) is 7.11 Å². The molecule has 0 aromatic heterocycles. The Balaban J connectivity index is 1.89. The number of rotatable bonds is 8. The SMILES string of the molecule is CCN(c1ccc(NC(=O)CCc2cccc(OC)c2)cc1)C(C)C. The van der Waals surface area contributed by atoms with Crippen LogP contribution in [-0.2, 0) is 11.2 Å². The maximum absolute atomic E-state index is 12.2. The molecular weight excluding hydrogens is 312 g/mol. The van der Waals surface area contributed by atoms with E-state index in [0.29, 0.717) is 18.9 Å². The number of ether oxygens (including phenoxy) is 1. The smallest absolute Gasteiger partial charge is 0.224 e. The van der Waals surface area contributed by atoms with E-state index in [9.17, 15) is 4.79 Å². The van der Waals surface area contributed by atoms with Crippen LogP contribution in [0, 0.1) is 0 Å². The Hall–Kier alpha value is -2.49. The van der Waals surface area contributed by atoms with E-state index in [1.165, 1.54) is 5.69 Å². The van der Waals surface area contributed by atoms with Crippen LogP contribution in [-0.4, -0.2) is 25.6 Å². The van der Waals surface area contributed by atoms with Crippen molar-refractivity contribution in [1.82, 2.24) is 0 Å². The Kier molecular flexibility index (Phi) is 6.87. The molecule has 0 unspecified atom stereocenters. The van der Waals surface area contributed by atoms with E-state index in [1.54, 1.807) is 7.11 Å². The highest BCUT2D eigenvalue weighted by Gasteiger charge is 2.09. The first-order valence-corrected chi connectivity index (χ1v) is 8.83. The van der Waals surface area contributed by atoms with Gasteiger partial charge in [-0.2, -0.15) is 0 Å². The number of carbonyl (C=O) groups excluding carboxylic acids is 1. The van der Waals surface area contributed by atoms with Crippen molar-refractivity contribution in [2.24, 2.45) is 0 Å². The highest BCUT2D eigenvalue weighted by molar-refractivity contribution is 5.91. The molecule has 0 spiro atoms. The van der Waals surface area contributed by atoms with E-state index in [-0.39, 0.29) is 5.91 Å². The lowest BCUT2D eigenvalue weighted by Gasteiger charge is -2.27. The van der Waals surface area contributed by atoms with E-state index < -0.39 is 0 Å². The first kappa shape index (κ1) is 18.8. The van der Waals surface area contributed by atoms with Crippen molar-refractivity contribution in [2.45, 2.75) is 39.7 Å². The van der Waals surface area contributed by atoms with E-state index in [1.807, 2.05) is 36.4 Å². The third-order valence-corrected chi connectivity index (χ3v) is 4.22. The minimum Gasteiger partial charge on any atom is -0.497 e. The minimum atomic E-state index is 0.0202. The molecule has 2 rings (SSSR count). The fraction of sp³-hybridized carbons (Fsp3) is 0.381. The third kappa shape index (κ3) is 5.52. The van der Waals surface area contributed by atoms with Crippen LogP contribution in [0.2, 0.25) is 0 Å². The molecule has 0 aliphatic rings. The average Bonchev–Trinajstić information content (AvgIpc) is 2.62. The highest BCUT2D eigenvalue weighted by Crippen LogP contribution is 2.20. The predicted octanol–water partition coefficient (Wildman–Crippen LogP) is 4.50. The Morgan fingerprint density at radius 2 is 1.88 bits per heavy atom. The molecule has 134 valence electrons. The summed E-state index contributed by atoms with van der Waals surface area (Å²) in [5, 5.41) is 2.97. The molecule has 25 heavy (non-hydrogen) atoms. The fourth-order valence-electron chi connectivity index (χ4n) is 2.89. The van der Waals surface area contributed by atoms with Gasteiger partial charge in [0.2, 0.25) is 5.91 Å². The number of carbonyl (C=O) groups is 1. The minimum absolute atomic E-state index is 0.0202. The monoisotopic (exact) mass is 340 g/mol. The molecule has 0 fully saturated rings. The summed E-state index contributed by atoms with van der Waals surface area (Å²) in [5.41, 5.74) is 3.10. The Morgan fingerprint density at radius 1 is 1.16 bits per heavy atom. The lowest BCUT2D eigenvalue weighted by Crippen LogP contribution is -2.30. The molecular formula is C21H28N2O2. The molecule has 0 bridgehead atoms. The molecule has 4 heteroatoms. The van der Waals surface area contributed by atoms with Gasteiger partial charge in [-0.15, -0.1) is 0 Å². The summed E-state index contributed by atoms with van der Waals surface area (Å²) >= 11 is 0. The van der Waals surface area contributed by atoms with E-state index in [2.05, 4.69) is 43.1 Å². The fourth-order valence-corrected chi connectivity index (χ4v) is 2.89. The van der Waals surface area contributed by atoms with Crippen molar-refractivity contribution in [3.8, 4) is 5.75 Å². The predicted molar refractivity (Wildman–Crippen MR) is 105 cm³/mol. The van der Waals surface area contributed by atoms with Crippen LogP contribution in [0.4, 0.5) is 11.4 Å². The number of hydrogen-bond donors (Lipinski definition) is 1. The Labute approximate surface area is 150 Å². The van der Waals surface area contributed by atoms with Gasteiger partial charge in [0.25, 0.3) is 0 Å². The number of aryl methyl sites for hydroxylation is 1. The van der Waals surface area contributed by atoms with E-state index in [4.69, 9.17) is 4.74 Å². The van der Waals surface area contributed by atoms with Gasteiger partial charge in [-0.3, -0.25) is 4.79 Å². The van der Waals surface area contributed by atoms with Crippen molar-refractivity contribution in [3.63, 3.8) is 0 Å². The Bertz CT molecular complexity index is 681. The molecule has 2 aromatic carbocycles. The summed E-state index contributed by atoms with van der Waals surface area (Å²) in [6.07, 6.45) is 1.14. The van der Waals surface area contributed by atoms with Crippen LogP contribution in [0.15, 0.2) is 48.5 Å². The second-order valence-electron chi connectivity index (χ2n) is 6.33. The number of benzene rings is 2. The summed E-state index contributed by atoms with van der Waals surface area (Å²) in [6, 6.07) is 16.3. The molecule has 0 heterocycles. The zero-order chi connectivity index (χ0) is 18.2. The number of nitrogens with zero attached hydrogens (tertiary/aromatic N) is 1. The van der Waals surface area contributed by atoms with Crippen LogP contribution in [0.5, 0.6) is 5.75 Å². The zero-order valence-corrected chi connectivity index (χ0v) is 15.6. The normalized spacial score (nSPS) is 10.6. The van der Waals surface area contributed by atoms with Gasteiger partial charge >= 0.3 is 0 Å². The maximum atomic E-state index is 12.2. The molecule has 1 amide bonds. The van der Waals surface area contributed by atoms with Crippen molar-refractivity contribution in [3.05, 3.63) is 54.1 Å². The number of nitrogens with one attached hydrogen (secondary N) is 1. The highest BCUT2D eigenvalue weighted by atomic mass is 16.5. The number of methoxy groups -OCH3 is 1. The summed E-state index contributed by atoms with van der Waals surface area (Å²) in [7, 11) is 1.65. The Morgan fingerprint density at radius 3 is 2.48 bits per heavy atom. The second-order valence-corrected chi connectivity index (χ2v) is 6.33. The quantitative estimate of drug-likeness (QED) is 0.769. The third-order valence-electron chi connectivity index (χ3n) is 4.22. The molecule has 0 aliphatic heterocycles. The summed E-state index contributed by atoms with van der Waals surface area (Å²) in [4.78, 5) is 14.5. The number of hydrogen-bond acceptors (Lipinski definition) is 3. The van der Waals surface area contributed by atoms with Gasteiger partial charge in [-0.1, -0.05) is 12.1 Å².